The highest BCUT2D eigenvalue weighted by atomic mass is 19.1. The van der Waals surface area contributed by atoms with Gasteiger partial charge in [-0.1, -0.05) is 31.2 Å². The zero-order valence-corrected chi connectivity index (χ0v) is 19.0. The van der Waals surface area contributed by atoms with Gasteiger partial charge >= 0.3 is 0 Å². The van der Waals surface area contributed by atoms with Crippen molar-refractivity contribution in [2.75, 3.05) is 7.05 Å². The molecule has 0 spiro atoms. The van der Waals surface area contributed by atoms with Gasteiger partial charge in [0, 0.05) is 36.5 Å². The summed E-state index contributed by atoms with van der Waals surface area (Å²) in [5.41, 5.74) is 6.94. The molecule has 3 aromatic carbocycles. The molecule has 3 aromatic rings. The first kappa shape index (κ1) is 21.4. The molecule has 5 heteroatoms. The SMILES string of the molecule is CCc1ccc(CN(C)C(=O)c2ccc(-c3cccc(F)c3)c(OC3CC3)c2)c2c1C=NC2. The second-order valence-corrected chi connectivity index (χ2v) is 8.80. The van der Waals surface area contributed by atoms with Crippen LogP contribution in [0.15, 0.2) is 59.6 Å². The van der Waals surface area contributed by atoms with E-state index in [9.17, 15) is 9.18 Å². The van der Waals surface area contributed by atoms with Crippen LogP contribution >= 0.6 is 0 Å². The molecule has 0 radical (unpaired) electrons. The first-order valence-corrected chi connectivity index (χ1v) is 11.5. The first-order chi connectivity index (χ1) is 16.0. The number of nitrogens with zero attached hydrogens (tertiary/aromatic N) is 2. The lowest BCUT2D eigenvalue weighted by Crippen LogP contribution is -2.27. The normalized spacial score (nSPS) is 14.3. The Hall–Kier alpha value is -3.47. The van der Waals surface area contributed by atoms with Crippen molar-refractivity contribution in [1.29, 1.82) is 0 Å². The minimum Gasteiger partial charge on any atom is -0.490 e. The van der Waals surface area contributed by atoms with Gasteiger partial charge < -0.3 is 9.64 Å². The maximum absolute atomic E-state index is 13.8. The Morgan fingerprint density at radius 2 is 1.94 bits per heavy atom. The first-order valence-electron chi connectivity index (χ1n) is 11.5. The molecule has 0 bridgehead atoms. The van der Waals surface area contributed by atoms with Crippen molar-refractivity contribution in [1.82, 2.24) is 4.90 Å². The number of ether oxygens (including phenoxy) is 1. The molecule has 2 aliphatic rings. The molecule has 1 fully saturated rings. The zero-order chi connectivity index (χ0) is 22.9. The Morgan fingerprint density at radius 3 is 2.70 bits per heavy atom. The number of aryl methyl sites for hydroxylation is 1. The van der Waals surface area contributed by atoms with Gasteiger partial charge in [-0.15, -0.1) is 0 Å². The van der Waals surface area contributed by atoms with Crippen LogP contribution in [0.5, 0.6) is 5.75 Å². The number of halogens is 1. The van der Waals surface area contributed by atoms with Gasteiger partial charge in [-0.05, 0) is 71.8 Å². The van der Waals surface area contributed by atoms with E-state index in [1.165, 1.54) is 28.8 Å². The third kappa shape index (κ3) is 4.40. The highest BCUT2D eigenvalue weighted by Crippen LogP contribution is 2.36. The molecule has 1 saturated carbocycles. The quantitative estimate of drug-likeness (QED) is 0.464. The number of fused-ring (bicyclic) bond motifs is 1. The molecule has 0 atom stereocenters. The van der Waals surface area contributed by atoms with Gasteiger partial charge in [0.05, 0.1) is 12.6 Å². The van der Waals surface area contributed by atoms with Gasteiger partial charge in [-0.25, -0.2) is 4.39 Å². The molecule has 4 nitrogen and oxygen atoms in total. The van der Waals surface area contributed by atoms with Gasteiger partial charge in [0.15, 0.2) is 0 Å². The second kappa shape index (κ2) is 8.81. The van der Waals surface area contributed by atoms with Gasteiger partial charge in [-0.2, -0.15) is 0 Å². The molecular formula is C28H27FN2O2. The maximum atomic E-state index is 13.8. The second-order valence-electron chi connectivity index (χ2n) is 8.80. The van der Waals surface area contributed by atoms with Crippen molar-refractivity contribution < 1.29 is 13.9 Å². The summed E-state index contributed by atoms with van der Waals surface area (Å²) in [5, 5.41) is 0. The summed E-state index contributed by atoms with van der Waals surface area (Å²) in [5.74, 6) is 0.257. The fraction of sp³-hybridized carbons (Fsp3) is 0.286. The minimum atomic E-state index is -0.296. The van der Waals surface area contributed by atoms with Crippen LogP contribution in [-0.4, -0.2) is 30.2 Å². The van der Waals surface area contributed by atoms with E-state index in [4.69, 9.17) is 4.74 Å². The summed E-state index contributed by atoms with van der Waals surface area (Å²) >= 11 is 0. The number of carbonyl (C=O) groups excluding carboxylic acids is 1. The van der Waals surface area contributed by atoms with Crippen molar-refractivity contribution in [2.24, 2.45) is 4.99 Å². The Kier molecular flexibility index (Phi) is 5.71. The van der Waals surface area contributed by atoms with Gasteiger partial charge in [0.25, 0.3) is 5.91 Å². The molecule has 1 amide bonds. The molecule has 33 heavy (non-hydrogen) atoms. The van der Waals surface area contributed by atoms with E-state index in [2.05, 4.69) is 24.0 Å². The maximum Gasteiger partial charge on any atom is 0.254 e. The molecule has 0 aromatic heterocycles. The van der Waals surface area contributed by atoms with Crippen LogP contribution < -0.4 is 4.74 Å². The van der Waals surface area contributed by atoms with Crippen LogP contribution in [0, 0.1) is 5.82 Å². The summed E-state index contributed by atoms with van der Waals surface area (Å²) in [6, 6.07) is 16.2. The van der Waals surface area contributed by atoms with Gasteiger partial charge in [-0.3, -0.25) is 9.79 Å². The van der Waals surface area contributed by atoms with Crippen LogP contribution in [0.2, 0.25) is 0 Å². The monoisotopic (exact) mass is 442 g/mol. The van der Waals surface area contributed by atoms with Crippen LogP contribution in [0.3, 0.4) is 0 Å². The van der Waals surface area contributed by atoms with Crippen molar-refractivity contribution in [3.63, 3.8) is 0 Å². The Balaban J connectivity index is 1.41. The van der Waals surface area contributed by atoms with Crippen molar-refractivity contribution in [2.45, 2.75) is 45.4 Å². The minimum absolute atomic E-state index is 0.0753. The van der Waals surface area contributed by atoms with E-state index < -0.39 is 0 Å². The number of hydrogen-bond acceptors (Lipinski definition) is 3. The third-order valence-electron chi connectivity index (χ3n) is 6.33. The van der Waals surface area contributed by atoms with E-state index >= 15 is 0 Å². The van der Waals surface area contributed by atoms with Gasteiger partial charge in [0.1, 0.15) is 11.6 Å². The molecule has 0 N–H and O–H groups in total. The average molecular weight is 443 g/mol. The van der Waals surface area contributed by atoms with E-state index in [0.29, 0.717) is 24.4 Å². The van der Waals surface area contributed by atoms with E-state index in [1.807, 2.05) is 25.4 Å². The molecule has 0 unspecified atom stereocenters. The predicted molar refractivity (Wildman–Crippen MR) is 128 cm³/mol. The summed E-state index contributed by atoms with van der Waals surface area (Å²) in [6.45, 7) is 3.33. The summed E-state index contributed by atoms with van der Waals surface area (Å²) < 4.78 is 19.9. The van der Waals surface area contributed by atoms with Crippen molar-refractivity contribution >= 4 is 12.1 Å². The fourth-order valence-electron chi connectivity index (χ4n) is 4.35. The van der Waals surface area contributed by atoms with Crippen LogP contribution in [0.4, 0.5) is 4.39 Å². The lowest BCUT2D eigenvalue weighted by molar-refractivity contribution is 0.0784. The lowest BCUT2D eigenvalue weighted by Gasteiger charge is -2.21. The number of carbonyl (C=O) groups is 1. The summed E-state index contributed by atoms with van der Waals surface area (Å²) in [7, 11) is 1.82. The average Bonchev–Trinajstić information content (AvgIpc) is 3.49. The van der Waals surface area contributed by atoms with Crippen molar-refractivity contribution in [3.05, 3.63) is 88.2 Å². The molecule has 1 aliphatic carbocycles. The standard InChI is InChI=1S/C28H27FN2O2/c1-3-18-7-8-21(26-16-30-15-25(18)26)17-31(2)28(32)20-9-12-24(19-5-4-6-22(29)13-19)27(14-20)33-23-10-11-23/h4-9,12-15,23H,3,10-11,16-17H2,1-2H3. The Morgan fingerprint density at radius 1 is 1.12 bits per heavy atom. The lowest BCUT2D eigenvalue weighted by atomic mass is 9.96. The van der Waals surface area contributed by atoms with E-state index in [1.54, 1.807) is 23.1 Å². The Labute approximate surface area is 193 Å². The van der Waals surface area contributed by atoms with Gasteiger partial charge in [0.2, 0.25) is 0 Å². The molecular weight excluding hydrogens is 415 g/mol. The number of hydrogen-bond donors (Lipinski definition) is 0. The van der Waals surface area contributed by atoms with Crippen LogP contribution in [0.1, 0.15) is 52.4 Å². The topological polar surface area (TPSA) is 41.9 Å². The zero-order valence-electron chi connectivity index (χ0n) is 19.0. The predicted octanol–water partition coefficient (Wildman–Crippen LogP) is 5.80. The third-order valence-corrected chi connectivity index (χ3v) is 6.33. The summed E-state index contributed by atoms with van der Waals surface area (Å²) in [6.07, 6.45) is 5.08. The smallest absolute Gasteiger partial charge is 0.254 e. The molecule has 168 valence electrons. The number of amides is 1. The molecule has 1 aliphatic heterocycles. The molecule has 5 rings (SSSR count). The summed E-state index contributed by atoms with van der Waals surface area (Å²) in [4.78, 5) is 19.5. The molecule has 0 saturated heterocycles. The number of aliphatic imine (C=N–C) groups is 1. The fourth-order valence-corrected chi connectivity index (χ4v) is 4.35. The van der Waals surface area contributed by atoms with Crippen LogP contribution in [0.25, 0.3) is 11.1 Å². The van der Waals surface area contributed by atoms with E-state index in [-0.39, 0.29) is 17.8 Å². The van der Waals surface area contributed by atoms with E-state index in [0.717, 1.165) is 36.0 Å². The molecule has 1 heterocycles. The Bertz CT molecular complexity index is 1250. The highest BCUT2D eigenvalue weighted by Gasteiger charge is 2.26. The number of benzene rings is 3. The highest BCUT2D eigenvalue weighted by molar-refractivity contribution is 5.95. The van der Waals surface area contributed by atoms with Crippen molar-refractivity contribution in [3.8, 4) is 16.9 Å². The van der Waals surface area contributed by atoms with Crippen LogP contribution in [-0.2, 0) is 19.5 Å². The largest absolute Gasteiger partial charge is 0.490 e. The number of rotatable bonds is 7.